The SMILES string of the molecule is COc1ccc(N(C(=O)O)C(C)(C)C)cn1. The van der Waals surface area contributed by atoms with E-state index in [1.54, 1.807) is 12.1 Å². The van der Waals surface area contributed by atoms with Crippen LogP contribution < -0.4 is 9.64 Å². The van der Waals surface area contributed by atoms with E-state index in [1.165, 1.54) is 18.2 Å². The summed E-state index contributed by atoms with van der Waals surface area (Å²) >= 11 is 0. The quantitative estimate of drug-likeness (QED) is 0.837. The molecule has 1 N–H and O–H groups in total. The number of rotatable bonds is 2. The Morgan fingerprint density at radius 3 is 2.38 bits per heavy atom. The van der Waals surface area contributed by atoms with Gasteiger partial charge in [0.2, 0.25) is 5.88 Å². The maximum atomic E-state index is 11.2. The van der Waals surface area contributed by atoms with Crippen molar-refractivity contribution in [2.45, 2.75) is 26.3 Å². The van der Waals surface area contributed by atoms with Gasteiger partial charge in [-0.1, -0.05) is 0 Å². The highest BCUT2D eigenvalue weighted by atomic mass is 16.5. The summed E-state index contributed by atoms with van der Waals surface area (Å²) in [6, 6.07) is 3.31. The number of carboxylic acid groups (broad SMARTS) is 1. The van der Waals surface area contributed by atoms with Gasteiger partial charge in [-0.3, -0.25) is 4.90 Å². The van der Waals surface area contributed by atoms with Crippen LogP contribution in [0.15, 0.2) is 18.3 Å². The highest BCUT2D eigenvalue weighted by Gasteiger charge is 2.27. The van der Waals surface area contributed by atoms with Gasteiger partial charge in [-0.05, 0) is 26.8 Å². The number of nitrogens with zero attached hydrogens (tertiary/aromatic N) is 2. The summed E-state index contributed by atoms with van der Waals surface area (Å²) in [5.74, 6) is 0.461. The molecule has 1 aromatic rings. The summed E-state index contributed by atoms with van der Waals surface area (Å²) in [6.07, 6.45) is 0.484. The third-order valence-electron chi connectivity index (χ3n) is 2.05. The van der Waals surface area contributed by atoms with Crippen molar-refractivity contribution in [3.63, 3.8) is 0 Å². The van der Waals surface area contributed by atoms with Crippen LogP contribution >= 0.6 is 0 Å². The van der Waals surface area contributed by atoms with Crippen LogP contribution in [0.4, 0.5) is 10.5 Å². The Kier molecular flexibility index (Phi) is 3.37. The molecule has 0 bridgehead atoms. The molecule has 88 valence electrons. The minimum absolute atomic E-state index is 0.461. The van der Waals surface area contributed by atoms with Gasteiger partial charge in [-0.2, -0.15) is 0 Å². The molecule has 16 heavy (non-hydrogen) atoms. The van der Waals surface area contributed by atoms with Crippen molar-refractivity contribution in [2.24, 2.45) is 0 Å². The van der Waals surface area contributed by atoms with Gasteiger partial charge in [0.05, 0.1) is 19.0 Å². The number of ether oxygens (including phenoxy) is 1. The highest BCUT2D eigenvalue weighted by Crippen LogP contribution is 2.24. The molecule has 5 heteroatoms. The Morgan fingerprint density at radius 2 is 2.06 bits per heavy atom. The van der Waals surface area contributed by atoms with E-state index in [1.807, 2.05) is 20.8 Å². The molecule has 1 rings (SSSR count). The maximum Gasteiger partial charge on any atom is 0.412 e. The van der Waals surface area contributed by atoms with E-state index in [0.29, 0.717) is 11.6 Å². The van der Waals surface area contributed by atoms with Gasteiger partial charge in [0.15, 0.2) is 0 Å². The molecule has 0 saturated carbocycles. The van der Waals surface area contributed by atoms with E-state index in [-0.39, 0.29) is 0 Å². The van der Waals surface area contributed by atoms with E-state index < -0.39 is 11.6 Å². The standard InChI is InChI=1S/C11H16N2O3/c1-11(2,3)13(10(14)15)8-5-6-9(16-4)12-7-8/h5-7H,1-4H3,(H,14,15). The predicted molar refractivity (Wildman–Crippen MR) is 61.0 cm³/mol. The Bertz CT molecular complexity index is 368. The van der Waals surface area contributed by atoms with E-state index in [9.17, 15) is 4.79 Å². The van der Waals surface area contributed by atoms with Gasteiger partial charge in [-0.15, -0.1) is 0 Å². The number of amides is 1. The fourth-order valence-corrected chi connectivity index (χ4v) is 1.41. The molecule has 1 heterocycles. The molecule has 0 aliphatic heterocycles. The average molecular weight is 224 g/mol. The van der Waals surface area contributed by atoms with Crippen molar-refractivity contribution < 1.29 is 14.6 Å². The summed E-state index contributed by atoms with van der Waals surface area (Å²) < 4.78 is 4.92. The van der Waals surface area contributed by atoms with Crippen LogP contribution in [0.3, 0.4) is 0 Å². The molecule has 0 radical (unpaired) electrons. The lowest BCUT2D eigenvalue weighted by Crippen LogP contribution is -2.45. The fraction of sp³-hybridized carbons (Fsp3) is 0.455. The van der Waals surface area contributed by atoms with Crippen molar-refractivity contribution in [3.05, 3.63) is 18.3 Å². The van der Waals surface area contributed by atoms with Crippen LogP contribution in [0, 0.1) is 0 Å². The fourth-order valence-electron chi connectivity index (χ4n) is 1.41. The van der Waals surface area contributed by atoms with Gasteiger partial charge in [0, 0.05) is 11.6 Å². The maximum absolute atomic E-state index is 11.2. The van der Waals surface area contributed by atoms with Crippen molar-refractivity contribution >= 4 is 11.8 Å². The normalized spacial score (nSPS) is 11.0. The lowest BCUT2D eigenvalue weighted by Gasteiger charge is -2.32. The van der Waals surface area contributed by atoms with Gasteiger partial charge in [-0.25, -0.2) is 9.78 Å². The predicted octanol–water partition coefficient (Wildman–Crippen LogP) is 2.37. The second kappa shape index (κ2) is 4.38. The first-order valence-electron chi connectivity index (χ1n) is 4.89. The zero-order chi connectivity index (χ0) is 12.3. The number of carbonyl (C=O) groups is 1. The summed E-state index contributed by atoms with van der Waals surface area (Å²) in [5.41, 5.74) is 0.0167. The number of hydrogen-bond acceptors (Lipinski definition) is 3. The zero-order valence-electron chi connectivity index (χ0n) is 9.89. The first kappa shape index (κ1) is 12.3. The minimum Gasteiger partial charge on any atom is -0.481 e. The molecule has 0 fully saturated rings. The summed E-state index contributed by atoms with van der Waals surface area (Å²) in [4.78, 5) is 16.4. The van der Waals surface area contributed by atoms with Gasteiger partial charge in [0.1, 0.15) is 0 Å². The highest BCUT2D eigenvalue weighted by molar-refractivity contribution is 5.87. The van der Waals surface area contributed by atoms with Crippen molar-refractivity contribution in [2.75, 3.05) is 12.0 Å². The van der Waals surface area contributed by atoms with Crippen LogP contribution in [0.25, 0.3) is 0 Å². The van der Waals surface area contributed by atoms with Crippen LogP contribution in [0.5, 0.6) is 5.88 Å². The third kappa shape index (κ3) is 2.62. The lowest BCUT2D eigenvalue weighted by atomic mass is 10.1. The molecule has 0 atom stereocenters. The molecular weight excluding hydrogens is 208 g/mol. The number of anilines is 1. The average Bonchev–Trinajstić information content (AvgIpc) is 2.16. The Morgan fingerprint density at radius 1 is 1.44 bits per heavy atom. The third-order valence-corrected chi connectivity index (χ3v) is 2.05. The molecule has 0 saturated heterocycles. The Hall–Kier alpha value is -1.78. The molecule has 1 aromatic heterocycles. The molecule has 0 aliphatic rings. The summed E-state index contributed by atoms with van der Waals surface area (Å²) in [6.45, 7) is 5.47. The summed E-state index contributed by atoms with van der Waals surface area (Å²) in [5, 5.41) is 9.16. The van der Waals surface area contributed by atoms with Crippen LogP contribution in [-0.4, -0.2) is 28.8 Å². The van der Waals surface area contributed by atoms with Crippen LogP contribution in [0.2, 0.25) is 0 Å². The molecule has 0 aromatic carbocycles. The first-order chi connectivity index (χ1) is 7.36. The number of aromatic nitrogens is 1. The smallest absolute Gasteiger partial charge is 0.412 e. The van der Waals surface area contributed by atoms with E-state index in [0.717, 1.165) is 0 Å². The van der Waals surface area contributed by atoms with Crippen molar-refractivity contribution in [1.82, 2.24) is 4.98 Å². The topological polar surface area (TPSA) is 62.7 Å². The van der Waals surface area contributed by atoms with E-state index >= 15 is 0 Å². The first-order valence-corrected chi connectivity index (χ1v) is 4.89. The minimum atomic E-state index is -1.00. The van der Waals surface area contributed by atoms with E-state index in [4.69, 9.17) is 9.84 Å². The second-order valence-electron chi connectivity index (χ2n) is 4.35. The van der Waals surface area contributed by atoms with Gasteiger partial charge >= 0.3 is 6.09 Å². The molecular formula is C11H16N2O3. The van der Waals surface area contributed by atoms with Gasteiger partial charge in [0.25, 0.3) is 0 Å². The van der Waals surface area contributed by atoms with E-state index in [2.05, 4.69) is 4.98 Å². The van der Waals surface area contributed by atoms with Crippen LogP contribution in [-0.2, 0) is 0 Å². The lowest BCUT2D eigenvalue weighted by molar-refractivity contribution is 0.195. The van der Waals surface area contributed by atoms with Crippen molar-refractivity contribution in [1.29, 1.82) is 0 Å². The second-order valence-corrected chi connectivity index (χ2v) is 4.35. The molecule has 0 unspecified atom stereocenters. The van der Waals surface area contributed by atoms with Crippen LogP contribution in [0.1, 0.15) is 20.8 Å². The Balaban J connectivity index is 3.07. The van der Waals surface area contributed by atoms with Crippen molar-refractivity contribution in [3.8, 4) is 5.88 Å². The number of pyridine rings is 1. The number of hydrogen-bond donors (Lipinski definition) is 1. The monoisotopic (exact) mass is 224 g/mol. The molecule has 0 aliphatic carbocycles. The summed E-state index contributed by atoms with van der Waals surface area (Å²) in [7, 11) is 1.51. The Labute approximate surface area is 94.7 Å². The van der Waals surface area contributed by atoms with Gasteiger partial charge < -0.3 is 9.84 Å². The zero-order valence-corrected chi connectivity index (χ0v) is 9.89. The largest absolute Gasteiger partial charge is 0.481 e. The molecule has 0 spiro atoms. The molecule has 5 nitrogen and oxygen atoms in total. The number of methoxy groups -OCH3 is 1. The molecule has 1 amide bonds.